The van der Waals surface area contributed by atoms with Crippen molar-refractivity contribution in [2.24, 2.45) is 17.8 Å². The molecule has 5 rings (SSSR count). The number of benzene rings is 2. The van der Waals surface area contributed by atoms with Crippen molar-refractivity contribution < 1.29 is 52.4 Å². The molecule has 1 aliphatic carbocycles. The Morgan fingerprint density at radius 3 is 1.69 bits per heavy atom. The molecule has 2 aromatic carbocycles. The molecule has 2 fully saturated rings. The molecule has 1 saturated carbocycles. The van der Waals surface area contributed by atoms with Gasteiger partial charge >= 0.3 is 0 Å². The molecule has 1 unspecified atom stereocenters. The summed E-state index contributed by atoms with van der Waals surface area (Å²) in [5, 5.41) is 25.3. The SMILES string of the molecule is Cc1ccc(C(=O)N2CCC[C@H]2C(=O)NC(Cc2nc3ccccc3o2)C(=O)N[C@@H](CC(C)C)C(=O)NC(C)(C)C(=O)N[C@@H](CC(C)C)C(=O)N[C@@H](CC(C)C)C(=O)NC(C)(C)C(=O)NC(C)(C)C(=O)NCCC(=O)NC2(CN(C)C)CCC2)cc1. The number of likely N-dealkylation sites (N-methyl/N-ethyl adjacent to an activating group) is 1. The third-order valence-corrected chi connectivity index (χ3v) is 15.4. The maximum absolute atomic E-state index is 14.5. The minimum absolute atomic E-state index is 0.0404. The van der Waals surface area contributed by atoms with Gasteiger partial charge in [0, 0.05) is 31.6 Å². The Kier molecular flexibility index (Phi) is 24.0. The zero-order valence-electron chi connectivity index (χ0n) is 53.3. The number of aromatic nitrogens is 1. The number of carbonyl (C=O) groups excluding carboxylic acids is 10. The van der Waals surface area contributed by atoms with Gasteiger partial charge in [-0.25, -0.2) is 4.98 Å². The van der Waals surface area contributed by atoms with E-state index in [0.717, 1.165) is 24.8 Å². The molecule has 0 spiro atoms. The molecule has 9 N–H and O–H groups in total. The third kappa shape index (κ3) is 19.8. The lowest BCUT2D eigenvalue weighted by Crippen LogP contribution is -2.65. The smallest absolute Gasteiger partial charge is 0.254 e. The highest BCUT2D eigenvalue weighted by molar-refractivity contribution is 6.01. The second-order valence-corrected chi connectivity index (χ2v) is 26.6. The minimum Gasteiger partial charge on any atom is -0.441 e. The molecular formula is C63H96N12O11. The highest BCUT2D eigenvalue weighted by atomic mass is 16.3. The molecule has 1 aromatic heterocycles. The Hall–Kier alpha value is -7.43. The number of hydrogen-bond acceptors (Lipinski definition) is 13. The number of likely N-dealkylation sites (tertiary alicyclic amines) is 1. The van der Waals surface area contributed by atoms with Crippen molar-refractivity contribution in [1.29, 1.82) is 0 Å². The Morgan fingerprint density at radius 2 is 1.16 bits per heavy atom. The highest BCUT2D eigenvalue weighted by Gasteiger charge is 2.43. The van der Waals surface area contributed by atoms with E-state index in [9.17, 15) is 47.9 Å². The van der Waals surface area contributed by atoms with Gasteiger partial charge in [0.05, 0.1) is 12.0 Å². The van der Waals surface area contributed by atoms with Crippen LogP contribution in [-0.2, 0) is 49.6 Å². The number of rotatable bonds is 30. The van der Waals surface area contributed by atoms with Crippen LogP contribution in [0, 0.1) is 24.7 Å². The Bertz CT molecular complexity index is 2880. The number of carbonyl (C=O) groups is 10. The molecule has 0 bridgehead atoms. The van der Waals surface area contributed by atoms with E-state index in [1.807, 2.05) is 79.6 Å². The number of nitrogens with zero attached hydrogens (tertiary/aromatic N) is 3. The summed E-state index contributed by atoms with van der Waals surface area (Å²) in [6.45, 7) is 22.9. The van der Waals surface area contributed by atoms with Gasteiger partial charge in [0.25, 0.3) is 5.91 Å². The second-order valence-electron chi connectivity index (χ2n) is 26.6. The highest BCUT2D eigenvalue weighted by Crippen LogP contribution is 2.32. The number of para-hydroxylation sites is 2. The first-order chi connectivity index (χ1) is 40.1. The van der Waals surface area contributed by atoms with Crippen molar-refractivity contribution in [1.82, 2.24) is 62.6 Å². The van der Waals surface area contributed by atoms with Crippen molar-refractivity contribution >= 4 is 70.2 Å². The van der Waals surface area contributed by atoms with Crippen LogP contribution >= 0.6 is 0 Å². The van der Waals surface area contributed by atoms with Crippen molar-refractivity contribution in [3.05, 3.63) is 65.5 Å². The van der Waals surface area contributed by atoms with Crippen LogP contribution in [0.2, 0.25) is 0 Å². The van der Waals surface area contributed by atoms with Crippen LogP contribution in [0.3, 0.4) is 0 Å². The predicted molar refractivity (Wildman–Crippen MR) is 327 cm³/mol. The summed E-state index contributed by atoms with van der Waals surface area (Å²) < 4.78 is 5.98. The fourth-order valence-corrected chi connectivity index (χ4v) is 10.6. The molecule has 23 heteroatoms. The van der Waals surface area contributed by atoms with Crippen LogP contribution in [0.4, 0.5) is 0 Å². The van der Waals surface area contributed by atoms with Crippen molar-refractivity contribution in [2.45, 2.75) is 207 Å². The number of fused-ring (bicyclic) bond motifs is 1. The lowest BCUT2D eigenvalue weighted by molar-refractivity contribution is -0.139. The van der Waals surface area contributed by atoms with Crippen LogP contribution in [0.5, 0.6) is 0 Å². The first-order valence-corrected chi connectivity index (χ1v) is 30.3. The molecule has 2 aliphatic rings. The van der Waals surface area contributed by atoms with E-state index in [1.54, 1.807) is 36.4 Å². The van der Waals surface area contributed by atoms with Crippen molar-refractivity contribution in [3.63, 3.8) is 0 Å². The minimum atomic E-state index is -1.69. The molecule has 1 aliphatic heterocycles. The topological polar surface area (TPSA) is 311 Å². The van der Waals surface area contributed by atoms with Gasteiger partial charge in [0.1, 0.15) is 52.3 Å². The normalized spacial score (nSPS) is 16.5. The largest absolute Gasteiger partial charge is 0.441 e. The molecule has 10 amide bonds. The van der Waals surface area contributed by atoms with Gasteiger partial charge in [0.2, 0.25) is 53.2 Å². The van der Waals surface area contributed by atoms with E-state index in [0.29, 0.717) is 42.6 Å². The van der Waals surface area contributed by atoms with E-state index in [1.165, 1.54) is 46.4 Å². The predicted octanol–water partition coefficient (Wildman–Crippen LogP) is 3.85. The second kappa shape index (κ2) is 29.8. The number of hydrogen-bond donors (Lipinski definition) is 9. The maximum atomic E-state index is 14.5. The number of oxazole rings is 1. The van der Waals surface area contributed by atoms with E-state index in [-0.39, 0.29) is 79.6 Å². The van der Waals surface area contributed by atoms with Crippen molar-refractivity contribution in [2.75, 3.05) is 33.7 Å². The van der Waals surface area contributed by atoms with Gasteiger partial charge in [-0.05, 0) is 156 Å². The maximum Gasteiger partial charge on any atom is 0.254 e. The quantitative estimate of drug-likeness (QED) is 0.0459. The van der Waals surface area contributed by atoms with Crippen LogP contribution in [0.25, 0.3) is 11.1 Å². The summed E-state index contributed by atoms with van der Waals surface area (Å²) in [5.74, 6) is -6.19. The van der Waals surface area contributed by atoms with E-state index >= 15 is 0 Å². The number of nitrogens with one attached hydrogen (secondary N) is 9. The molecule has 2 heterocycles. The van der Waals surface area contributed by atoms with E-state index in [2.05, 4.69) is 52.8 Å². The lowest BCUT2D eigenvalue weighted by Gasteiger charge is -2.44. The van der Waals surface area contributed by atoms with E-state index in [4.69, 9.17) is 4.42 Å². The number of aryl methyl sites for hydroxylation is 1. The summed E-state index contributed by atoms with van der Waals surface area (Å²) >= 11 is 0. The third-order valence-electron chi connectivity index (χ3n) is 15.4. The Morgan fingerprint density at radius 1 is 0.640 bits per heavy atom. The first kappa shape index (κ1) is 69.3. The molecule has 3 aromatic rings. The van der Waals surface area contributed by atoms with Gasteiger partial charge in [0.15, 0.2) is 11.5 Å². The average Bonchev–Trinajstić information content (AvgIpc) is 3.44. The first-order valence-electron chi connectivity index (χ1n) is 30.3. The van der Waals surface area contributed by atoms with Gasteiger partial charge in [-0.2, -0.15) is 0 Å². The van der Waals surface area contributed by atoms with Crippen molar-refractivity contribution in [3.8, 4) is 0 Å². The number of amides is 10. The summed E-state index contributed by atoms with van der Waals surface area (Å²) in [7, 11) is 3.91. The average molecular weight is 1200 g/mol. The van der Waals surface area contributed by atoms with Gasteiger partial charge in [-0.3, -0.25) is 47.9 Å². The Labute approximate surface area is 507 Å². The van der Waals surface area contributed by atoms with Crippen LogP contribution in [0.15, 0.2) is 52.9 Å². The summed E-state index contributed by atoms with van der Waals surface area (Å²) in [6, 6.07) is 8.25. The van der Waals surface area contributed by atoms with Crippen LogP contribution in [0.1, 0.15) is 163 Å². The Balaban J connectivity index is 1.24. The molecule has 86 heavy (non-hydrogen) atoms. The van der Waals surface area contributed by atoms with Gasteiger partial charge < -0.3 is 62.1 Å². The van der Waals surface area contributed by atoms with Crippen LogP contribution < -0.4 is 47.9 Å². The summed E-state index contributed by atoms with van der Waals surface area (Å²) in [5.41, 5.74) is -2.63. The molecule has 1 saturated heterocycles. The molecular weight excluding hydrogens is 1100 g/mol. The lowest BCUT2D eigenvalue weighted by atomic mass is 9.76. The van der Waals surface area contributed by atoms with Gasteiger partial charge in [-0.15, -0.1) is 0 Å². The fourth-order valence-electron chi connectivity index (χ4n) is 10.6. The fraction of sp³-hybridized carbons (Fsp3) is 0.635. The molecule has 0 radical (unpaired) electrons. The zero-order chi connectivity index (χ0) is 64.1. The zero-order valence-corrected chi connectivity index (χ0v) is 53.3. The van der Waals surface area contributed by atoms with E-state index < -0.39 is 94.1 Å². The van der Waals surface area contributed by atoms with Gasteiger partial charge in [-0.1, -0.05) is 71.4 Å². The molecule has 23 nitrogen and oxygen atoms in total. The van der Waals surface area contributed by atoms with Crippen LogP contribution in [-0.4, -0.2) is 160 Å². The monoisotopic (exact) mass is 1200 g/mol. The molecule has 5 atom stereocenters. The molecule has 474 valence electrons. The summed E-state index contributed by atoms with van der Waals surface area (Å²) in [6.07, 6.45) is 3.93. The standard InChI is InChI=1S/C63H96N12O11/c1-37(2)32-43(51(77)66-45(34-39(5)6)54(80)72-62(12,13)59(85)73-60(8,9)57(83)64-30-27-49(76)70-63(28-19-29-63)36-74(14)15)69-58(84)61(10,11)71-53(79)44(33-38(3)4)67-52(78)46(35-50-65-42-20-16-17-22-48(42)86-50)68-55(81)47-21-18-31-75(47)56(82)41-25-23-40(7)24-26-41/h16-17,20,22-26,37-39,43-47H,18-19,21,27-36H2,1-15H3,(H,64,83)(H,66,77)(H,67,78)(H,68,81)(H,69,84)(H,70,76)(H,71,79)(H,72,80)(H,73,85)/t43-,44-,45-,46?,47-/m0/s1. The summed E-state index contributed by atoms with van der Waals surface area (Å²) in [4.78, 5) is 148.